The van der Waals surface area contributed by atoms with E-state index in [1.54, 1.807) is 45.0 Å². The average molecular weight is 282 g/mol. The molecule has 1 rings (SSSR count). The molecule has 20 heavy (non-hydrogen) atoms. The molecule has 1 amide bonds. The van der Waals surface area contributed by atoms with Crippen molar-refractivity contribution in [1.29, 1.82) is 0 Å². The maximum atomic E-state index is 11.5. The van der Waals surface area contributed by atoms with Crippen LogP contribution in [-0.2, 0) is 9.57 Å². The number of aromatic hydroxyl groups is 1. The summed E-state index contributed by atoms with van der Waals surface area (Å²) in [7, 11) is 0. The van der Waals surface area contributed by atoms with E-state index in [2.05, 4.69) is 5.32 Å². The molecule has 0 saturated carbocycles. The molecule has 6 heteroatoms. The first kappa shape index (κ1) is 16.3. The van der Waals surface area contributed by atoms with Crippen molar-refractivity contribution in [3.05, 3.63) is 29.8 Å². The van der Waals surface area contributed by atoms with Crippen LogP contribution in [0.4, 0.5) is 4.79 Å². The van der Waals surface area contributed by atoms with Gasteiger partial charge in [0, 0.05) is 6.54 Å². The minimum Gasteiger partial charge on any atom is -0.508 e. The second kappa shape index (κ2) is 7.12. The van der Waals surface area contributed by atoms with Crippen molar-refractivity contribution in [2.45, 2.75) is 38.9 Å². The molecule has 1 unspecified atom stereocenters. The first-order chi connectivity index (χ1) is 9.31. The molecule has 0 heterocycles. The van der Waals surface area contributed by atoms with Crippen molar-refractivity contribution in [3.8, 4) is 5.75 Å². The van der Waals surface area contributed by atoms with Gasteiger partial charge < -0.3 is 15.2 Å². The van der Waals surface area contributed by atoms with Crippen molar-refractivity contribution >= 4 is 6.09 Å². The smallest absolute Gasteiger partial charge is 0.407 e. The zero-order chi connectivity index (χ0) is 15.2. The molecular weight excluding hydrogens is 260 g/mol. The predicted octanol–water partition coefficient (Wildman–Crippen LogP) is 2.24. The van der Waals surface area contributed by atoms with E-state index >= 15 is 0 Å². The number of ether oxygens (including phenoxy) is 1. The molecule has 0 aliphatic carbocycles. The van der Waals surface area contributed by atoms with E-state index in [9.17, 15) is 9.90 Å². The lowest BCUT2D eigenvalue weighted by Gasteiger charge is -2.20. The first-order valence-corrected chi connectivity index (χ1v) is 6.43. The number of benzene rings is 1. The topological polar surface area (TPSA) is 93.8 Å². The Morgan fingerprint density at radius 1 is 1.45 bits per heavy atom. The summed E-state index contributed by atoms with van der Waals surface area (Å²) in [4.78, 5) is 16.3. The number of hydrogen-bond donors (Lipinski definition) is 3. The van der Waals surface area contributed by atoms with Crippen LogP contribution in [0.3, 0.4) is 0 Å². The van der Waals surface area contributed by atoms with Crippen molar-refractivity contribution < 1.29 is 19.5 Å². The van der Waals surface area contributed by atoms with Gasteiger partial charge in [-0.2, -0.15) is 0 Å². The molecule has 0 saturated heterocycles. The van der Waals surface area contributed by atoms with Gasteiger partial charge in [0.1, 0.15) is 17.5 Å². The van der Waals surface area contributed by atoms with Gasteiger partial charge in [-0.15, -0.1) is 0 Å². The molecule has 0 aliphatic rings. The minimum absolute atomic E-state index is 0.143. The number of nitrogens with two attached hydrogens (primary N) is 1. The second-order valence-electron chi connectivity index (χ2n) is 5.44. The summed E-state index contributed by atoms with van der Waals surface area (Å²) in [5, 5.41) is 12.0. The standard InChI is InChI=1S/C14H22N2O4/c1-14(2,3)19-13(18)16-8-7-12(20-15)10-5-4-6-11(17)9-10/h4-6,9,12,17H,7-8,15H2,1-3H3,(H,16,18). The number of phenolic OH excluding ortho intramolecular Hbond substituents is 1. The highest BCUT2D eigenvalue weighted by molar-refractivity contribution is 5.67. The van der Waals surface area contributed by atoms with Crippen molar-refractivity contribution in [1.82, 2.24) is 5.32 Å². The summed E-state index contributed by atoms with van der Waals surface area (Å²) in [6.07, 6.45) is -0.416. The fourth-order valence-electron chi connectivity index (χ4n) is 1.66. The van der Waals surface area contributed by atoms with E-state index in [0.29, 0.717) is 13.0 Å². The zero-order valence-corrected chi connectivity index (χ0v) is 12.1. The molecule has 6 nitrogen and oxygen atoms in total. The lowest BCUT2D eigenvalue weighted by molar-refractivity contribution is 0.0397. The highest BCUT2D eigenvalue weighted by atomic mass is 16.6. The number of rotatable bonds is 5. The van der Waals surface area contributed by atoms with Gasteiger partial charge in [0.2, 0.25) is 0 Å². The largest absolute Gasteiger partial charge is 0.508 e. The van der Waals surface area contributed by atoms with E-state index in [1.165, 1.54) is 0 Å². The normalized spacial score (nSPS) is 12.8. The summed E-state index contributed by atoms with van der Waals surface area (Å²) in [5.41, 5.74) is 0.220. The van der Waals surface area contributed by atoms with Crippen LogP contribution in [0.5, 0.6) is 5.75 Å². The Balaban J connectivity index is 2.45. The Bertz CT molecular complexity index is 443. The third-order valence-electron chi connectivity index (χ3n) is 2.48. The molecular formula is C14H22N2O4. The van der Waals surface area contributed by atoms with Gasteiger partial charge in [0.05, 0.1) is 0 Å². The number of amides is 1. The monoisotopic (exact) mass is 282 g/mol. The Kier molecular flexibility index (Phi) is 5.79. The molecule has 0 radical (unpaired) electrons. The molecule has 1 atom stereocenters. The SMILES string of the molecule is CC(C)(C)OC(=O)NCCC(ON)c1cccc(O)c1. The Labute approximate surface area is 118 Å². The third kappa shape index (κ3) is 5.90. The summed E-state index contributed by atoms with van der Waals surface area (Å²) in [6.45, 7) is 5.74. The highest BCUT2D eigenvalue weighted by Crippen LogP contribution is 2.22. The second-order valence-corrected chi connectivity index (χ2v) is 5.44. The molecule has 0 bridgehead atoms. The fraction of sp³-hybridized carbons (Fsp3) is 0.500. The number of alkyl carbamates (subject to hydrolysis) is 1. The Morgan fingerprint density at radius 2 is 2.15 bits per heavy atom. The van der Waals surface area contributed by atoms with Crippen LogP contribution in [0.15, 0.2) is 24.3 Å². The first-order valence-electron chi connectivity index (χ1n) is 6.43. The van der Waals surface area contributed by atoms with Crippen molar-refractivity contribution in [2.24, 2.45) is 5.90 Å². The highest BCUT2D eigenvalue weighted by Gasteiger charge is 2.17. The van der Waals surface area contributed by atoms with Gasteiger partial charge in [-0.3, -0.25) is 4.84 Å². The van der Waals surface area contributed by atoms with E-state index in [4.69, 9.17) is 15.5 Å². The maximum absolute atomic E-state index is 11.5. The molecule has 1 aromatic carbocycles. The summed E-state index contributed by atoms with van der Waals surface area (Å²) < 4.78 is 5.12. The van der Waals surface area contributed by atoms with Crippen molar-refractivity contribution in [2.75, 3.05) is 6.54 Å². The predicted molar refractivity (Wildman–Crippen MR) is 75.0 cm³/mol. The van der Waals surface area contributed by atoms with Crippen LogP contribution in [0.25, 0.3) is 0 Å². The van der Waals surface area contributed by atoms with Gasteiger partial charge in [0.15, 0.2) is 0 Å². The van der Waals surface area contributed by atoms with Gasteiger partial charge in [-0.25, -0.2) is 10.7 Å². The quantitative estimate of drug-likeness (QED) is 0.720. The van der Waals surface area contributed by atoms with Gasteiger partial charge in [-0.1, -0.05) is 12.1 Å². The van der Waals surface area contributed by atoms with Crippen molar-refractivity contribution in [3.63, 3.8) is 0 Å². The van der Waals surface area contributed by atoms with Crippen LogP contribution in [-0.4, -0.2) is 23.3 Å². The average Bonchev–Trinajstić information content (AvgIpc) is 2.32. The van der Waals surface area contributed by atoms with E-state index < -0.39 is 17.8 Å². The van der Waals surface area contributed by atoms with E-state index in [1.807, 2.05) is 0 Å². The lowest BCUT2D eigenvalue weighted by atomic mass is 10.1. The molecule has 0 aliphatic heterocycles. The number of carbonyl (C=O) groups excluding carboxylic acids is 1. The molecule has 0 spiro atoms. The van der Waals surface area contributed by atoms with Crippen LogP contribution in [0.2, 0.25) is 0 Å². The summed E-state index contributed by atoms with van der Waals surface area (Å²) in [5.74, 6) is 5.39. The Morgan fingerprint density at radius 3 is 2.70 bits per heavy atom. The molecule has 0 fully saturated rings. The van der Waals surface area contributed by atoms with Gasteiger partial charge in [-0.05, 0) is 44.9 Å². The maximum Gasteiger partial charge on any atom is 0.407 e. The van der Waals surface area contributed by atoms with Gasteiger partial charge in [0.25, 0.3) is 0 Å². The van der Waals surface area contributed by atoms with E-state index in [0.717, 1.165) is 5.56 Å². The molecule has 4 N–H and O–H groups in total. The third-order valence-corrected chi connectivity index (χ3v) is 2.48. The summed E-state index contributed by atoms with van der Waals surface area (Å²) in [6, 6.07) is 6.64. The lowest BCUT2D eigenvalue weighted by Crippen LogP contribution is -2.33. The summed E-state index contributed by atoms with van der Waals surface area (Å²) >= 11 is 0. The fourth-order valence-corrected chi connectivity index (χ4v) is 1.66. The number of phenols is 1. The minimum atomic E-state index is -0.529. The van der Waals surface area contributed by atoms with Crippen LogP contribution in [0.1, 0.15) is 38.9 Å². The van der Waals surface area contributed by atoms with E-state index in [-0.39, 0.29) is 5.75 Å². The zero-order valence-electron chi connectivity index (χ0n) is 12.1. The van der Waals surface area contributed by atoms with Gasteiger partial charge >= 0.3 is 6.09 Å². The van der Waals surface area contributed by atoms with Crippen LogP contribution in [0, 0.1) is 0 Å². The molecule has 1 aromatic rings. The van der Waals surface area contributed by atoms with Crippen LogP contribution < -0.4 is 11.2 Å². The number of hydrogen-bond acceptors (Lipinski definition) is 5. The Hall–Kier alpha value is -1.79. The van der Waals surface area contributed by atoms with Crippen LogP contribution >= 0.6 is 0 Å². The molecule has 112 valence electrons. The number of carbonyl (C=O) groups is 1. The number of nitrogens with one attached hydrogen (secondary N) is 1. The molecule has 0 aromatic heterocycles.